The van der Waals surface area contributed by atoms with Crippen LogP contribution >= 0.6 is 23.1 Å². The number of nitrogens with zero attached hydrogens (tertiary/aromatic N) is 4. The van der Waals surface area contributed by atoms with Crippen LogP contribution in [0.15, 0.2) is 109 Å². The first-order valence-electron chi connectivity index (χ1n) is 13.1. The van der Waals surface area contributed by atoms with E-state index in [1.165, 1.54) is 23.1 Å². The zero-order chi connectivity index (χ0) is 27.7. The molecule has 6 rings (SSSR count). The van der Waals surface area contributed by atoms with Crippen LogP contribution in [0.1, 0.15) is 21.1 Å². The van der Waals surface area contributed by atoms with Crippen molar-refractivity contribution in [2.45, 2.75) is 26.4 Å². The SMILES string of the molecule is c1ccc(COc2ccc(-c3nsc(COCc4nc(-c5ccc(OCc6ccccc6)cc5)ns4)n3)cc2)cc1. The molecule has 204 valence electrons. The van der Waals surface area contributed by atoms with E-state index in [2.05, 4.69) is 18.7 Å². The molecule has 41 heavy (non-hydrogen) atoms. The van der Waals surface area contributed by atoms with Crippen LogP contribution in [0.3, 0.4) is 0 Å². The summed E-state index contributed by atoms with van der Waals surface area (Å²) < 4.78 is 26.6. The Bertz CT molecular complexity index is 1530. The van der Waals surface area contributed by atoms with Gasteiger partial charge in [-0.2, -0.15) is 8.75 Å². The molecule has 0 radical (unpaired) electrons. The first-order chi connectivity index (χ1) is 20.3. The van der Waals surface area contributed by atoms with Gasteiger partial charge >= 0.3 is 0 Å². The molecule has 0 unspecified atom stereocenters. The van der Waals surface area contributed by atoms with E-state index in [9.17, 15) is 0 Å². The molecular formula is C32H26N4O3S2. The standard InChI is InChI=1S/C32H26N4O3S2/c1-3-7-23(8-4-1)19-38-27-15-11-25(12-16-27)31-33-29(40-35-31)21-37-22-30-34-32(36-41-30)26-13-17-28(18-14-26)39-20-24-9-5-2-6-10-24/h1-18H,19-22H2. The van der Waals surface area contributed by atoms with E-state index in [-0.39, 0.29) is 0 Å². The highest BCUT2D eigenvalue weighted by Crippen LogP contribution is 2.24. The second-order valence-corrected chi connectivity index (χ2v) is 10.8. The lowest BCUT2D eigenvalue weighted by molar-refractivity contribution is 0.107. The molecule has 0 bridgehead atoms. The number of rotatable bonds is 12. The Kier molecular flexibility index (Phi) is 8.67. The summed E-state index contributed by atoms with van der Waals surface area (Å²) in [6.07, 6.45) is 0. The summed E-state index contributed by atoms with van der Waals surface area (Å²) >= 11 is 2.67. The summed E-state index contributed by atoms with van der Waals surface area (Å²) in [5.41, 5.74) is 4.13. The van der Waals surface area contributed by atoms with Gasteiger partial charge < -0.3 is 14.2 Å². The van der Waals surface area contributed by atoms with Crippen LogP contribution in [0, 0.1) is 0 Å². The summed E-state index contributed by atoms with van der Waals surface area (Å²) in [7, 11) is 0. The van der Waals surface area contributed by atoms with E-state index in [1.807, 2.05) is 109 Å². The van der Waals surface area contributed by atoms with E-state index in [4.69, 9.17) is 14.2 Å². The molecule has 2 aromatic heterocycles. The average Bonchev–Trinajstić information content (AvgIpc) is 3.71. The van der Waals surface area contributed by atoms with Crippen LogP contribution in [-0.4, -0.2) is 18.7 Å². The predicted octanol–water partition coefficient (Wildman–Crippen LogP) is 7.60. The Morgan fingerprint density at radius 3 is 1.29 bits per heavy atom. The number of benzene rings is 4. The third kappa shape index (κ3) is 7.40. The maximum atomic E-state index is 5.87. The van der Waals surface area contributed by atoms with E-state index in [0.29, 0.717) is 38.1 Å². The van der Waals surface area contributed by atoms with Crippen LogP contribution in [0.5, 0.6) is 11.5 Å². The van der Waals surface area contributed by atoms with E-state index in [1.54, 1.807) is 0 Å². The van der Waals surface area contributed by atoms with Gasteiger partial charge in [0.05, 0.1) is 0 Å². The molecule has 0 fully saturated rings. The largest absolute Gasteiger partial charge is 0.489 e. The number of hydrogen-bond donors (Lipinski definition) is 0. The summed E-state index contributed by atoms with van der Waals surface area (Å²) in [6, 6.07) is 35.8. The highest BCUT2D eigenvalue weighted by Gasteiger charge is 2.10. The fourth-order valence-electron chi connectivity index (χ4n) is 3.97. The van der Waals surface area contributed by atoms with E-state index < -0.39 is 0 Å². The van der Waals surface area contributed by atoms with E-state index >= 15 is 0 Å². The van der Waals surface area contributed by atoms with Gasteiger partial charge in [0.25, 0.3) is 0 Å². The van der Waals surface area contributed by atoms with Crippen molar-refractivity contribution in [1.29, 1.82) is 0 Å². The molecule has 0 aliphatic carbocycles. The molecule has 0 saturated carbocycles. The molecule has 7 nitrogen and oxygen atoms in total. The summed E-state index contributed by atoms with van der Waals surface area (Å²) in [4.78, 5) is 9.25. The molecule has 0 N–H and O–H groups in total. The fraction of sp³-hybridized carbons (Fsp3) is 0.125. The van der Waals surface area contributed by atoms with Crippen LogP contribution < -0.4 is 9.47 Å². The Balaban J connectivity index is 0.965. The number of ether oxygens (including phenoxy) is 3. The Morgan fingerprint density at radius 1 is 0.463 bits per heavy atom. The Labute approximate surface area is 246 Å². The van der Waals surface area contributed by atoms with E-state index in [0.717, 1.165) is 43.8 Å². The first kappa shape index (κ1) is 26.8. The second-order valence-electron chi connectivity index (χ2n) is 9.11. The molecular weight excluding hydrogens is 553 g/mol. The summed E-state index contributed by atoms with van der Waals surface area (Å²) in [6.45, 7) is 1.78. The van der Waals surface area contributed by atoms with Crippen molar-refractivity contribution in [3.8, 4) is 34.3 Å². The summed E-state index contributed by atoms with van der Waals surface area (Å²) in [5.74, 6) is 2.97. The zero-order valence-electron chi connectivity index (χ0n) is 22.1. The quantitative estimate of drug-likeness (QED) is 0.148. The molecule has 0 aliphatic heterocycles. The predicted molar refractivity (Wildman–Crippen MR) is 161 cm³/mol. The van der Waals surface area contributed by atoms with Crippen LogP contribution in [0.25, 0.3) is 22.8 Å². The molecule has 0 spiro atoms. The van der Waals surface area contributed by atoms with Gasteiger partial charge in [0.15, 0.2) is 11.6 Å². The molecule has 0 amide bonds. The minimum Gasteiger partial charge on any atom is -0.489 e. The number of hydrogen-bond acceptors (Lipinski definition) is 9. The zero-order valence-corrected chi connectivity index (χ0v) is 23.7. The van der Waals surface area contributed by atoms with Gasteiger partial charge in [-0.3, -0.25) is 0 Å². The van der Waals surface area contributed by atoms with Crippen molar-refractivity contribution in [3.05, 3.63) is 130 Å². The lowest BCUT2D eigenvalue weighted by Gasteiger charge is -2.06. The Hall–Kier alpha value is -4.44. The monoisotopic (exact) mass is 578 g/mol. The van der Waals surface area contributed by atoms with Gasteiger partial charge in [0.2, 0.25) is 0 Å². The van der Waals surface area contributed by atoms with Gasteiger partial charge in [-0.05, 0) is 82.7 Å². The minimum atomic E-state index is 0.359. The lowest BCUT2D eigenvalue weighted by Crippen LogP contribution is -1.95. The van der Waals surface area contributed by atoms with Crippen molar-refractivity contribution in [2.24, 2.45) is 0 Å². The summed E-state index contributed by atoms with van der Waals surface area (Å²) in [5, 5.41) is 1.61. The van der Waals surface area contributed by atoms with Gasteiger partial charge in [0, 0.05) is 11.1 Å². The maximum Gasteiger partial charge on any atom is 0.173 e. The normalized spacial score (nSPS) is 10.9. The maximum absolute atomic E-state index is 5.87. The van der Waals surface area contributed by atoms with Crippen LogP contribution in [0.4, 0.5) is 0 Å². The smallest absolute Gasteiger partial charge is 0.173 e. The molecule has 0 aliphatic rings. The lowest BCUT2D eigenvalue weighted by atomic mass is 10.2. The molecule has 2 heterocycles. The van der Waals surface area contributed by atoms with Crippen molar-refractivity contribution in [1.82, 2.24) is 18.7 Å². The third-order valence-corrected chi connectivity index (χ3v) is 7.48. The first-order valence-corrected chi connectivity index (χ1v) is 14.6. The van der Waals surface area contributed by atoms with Crippen molar-refractivity contribution in [3.63, 3.8) is 0 Å². The molecule has 9 heteroatoms. The highest BCUT2D eigenvalue weighted by molar-refractivity contribution is 7.05. The van der Waals surface area contributed by atoms with Crippen molar-refractivity contribution < 1.29 is 14.2 Å². The van der Waals surface area contributed by atoms with Gasteiger partial charge in [0.1, 0.15) is 47.9 Å². The molecule has 0 atom stereocenters. The minimum absolute atomic E-state index is 0.359. The molecule has 0 saturated heterocycles. The molecule has 6 aromatic rings. The molecule has 4 aromatic carbocycles. The van der Waals surface area contributed by atoms with Crippen molar-refractivity contribution in [2.75, 3.05) is 0 Å². The van der Waals surface area contributed by atoms with Gasteiger partial charge in [-0.15, -0.1) is 0 Å². The fourth-order valence-corrected chi connectivity index (χ4v) is 5.17. The average molecular weight is 579 g/mol. The highest BCUT2D eigenvalue weighted by atomic mass is 32.1. The van der Waals surface area contributed by atoms with Gasteiger partial charge in [-0.25, -0.2) is 9.97 Å². The van der Waals surface area contributed by atoms with Crippen molar-refractivity contribution >= 4 is 23.1 Å². The number of aromatic nitrogens is 4. The second kappa shape index (κ2) is 13.3. The van der Waals surface area contributed by atoms with Crippen LogP contribution in [-0.2, 0) is 31.2 Å². The third-order valence-electron chi connectivity index (χ3n) is 6.11. The van der Waals surface area contributed by atoms with Crippen LogP contribution in [0.2, 0.25) is 0 Å². The Morgan fingerprint density at radius 2 is 0.878 bits per heavy atom. The van der Waals surface area contributed by atoms with Gasteiger partial charge in [-0.1, -0.05) is 60.7 Å². The topological polar surface area (TPSA) is 79.2 Å².